The molecule has 3 fully saturated rings. The molecule has 1 aliphatic heterocycles. The molecule has 2 aliphatic carbocycles. The van der Waals surface area contributed by atoms with Gasteiger partial charge in [0.2, 0.25) is 0 Å². The number of aliphatic hydroxyl groups excluding tert-OH is 1. The van der Waals surface area contributed by atoms with Crippen LogP contribution in [0.3, 0.4) is 0 Å². The van der Waals surface area contributed by atoms with E-state index in [1.165, 1.54) is 0 Å². The van der Waals surface area contributed by atoms with Crippen LogP contribution in [0.5, 0.6) is 0 Å². The fourth-order valence-corrected chi connectivity index (χ4v) is 4.90. The summed E-state index contributed by atoms with van der Waals surface area (Å²) in [5, 5.41) is 9.30. The van der Waals surface area contributed by atoms with Crippen molar-refractivity contribution in [2.45, 2.75) is 83.0 Å². The van der Waals surface area contributed by atoms with E-state index in [9.17, 15) is 13.9 Å². The van der Waals surface area contributed by atoms with Gasteiger partial charge in [-0.2, -0.15) is 0 Å². The van der Waals surface area contributed by atoms with Crippen LogP contribution in [0.1, 0.15) is 52.4 Å². The molecule has 140 valence electrons. The number of ether oxygens (including phenoxy) is 2. The minimum Gasteiger partial charge on any atom is -0.396 e. The first-order chi connectivity index (χ1) is 11.5. The third-order valence-corrected chi connectivity index (χ3v) is 6.29. The Hall–Kier alpha value is -0.260. The fraction of sp³-hybridized carbons (Fsp3) is 1.00. The second-order valence-electron chi connectivity index (χ2n) is 8.32. The SMILES string of the molecule is CC(C)CCCOC1CCC2C3CCC(CO)C(F)C3OC2C1F. The average molecular weight is 346 g/mol. The van der Waals surface area contributed by atoms with E-state index in [4.69, 9.17) is 9.47 Å². The van der Waals surface area contributed by atoms with E-state index in [1.54, 1.807) is 0 Å². The Labute approximate surface area is 144 Å². The largest absolute Gasteiger partial charge is 0.396 e. The Morgan fingerprint density at radius 3 is 2.38 bits per heavy atom. The number of hydrogen-bond donors (Lipinski definition) is 1. The molecule has 0 amide bonds. The van der Waals surface area contributed by atoms with E-state index >= 15 is 0 Å². The van der Waals surface area contributed by atoms with Gasteiger partial charge in [0.25, 0.3) is 0 Å². The molecule has 5 heteroatoms. The zero-order valence-corrected chi connectivity index (χ0v) is 14.9. The van der Waals surface area contributed by atoms with E-state index < -0.39 is 30.7 Å². The van der Waals surface area contributed by atoms with Crippen LogP contribution in [0.15, 0.2) is 0 Å². The summed E-state index contributed by atoms with van der Waals surface area (Å²) in [6, 6.07) is 0. The van der Waals surface area contributed by atoms with Crippen molar-refractivity contribution in [1.29, 1.82) is 0 Å². The molecular weight excluding hydrogens is 314 g/mol. The van der Waals surface area contributed by atoms with E-state index in [0.717, 1.165) is 25.7 Å². The van der Waals surface area contributed by atoms with Gasteiger partial charge < -0.3 is 14.6 Å². The first-order valence-corrected chi connectivity index (χ1v) is 9.69. The number of aliphatic hydroxyl groups is 1. The molecule has 3 rings (SSSR count). The third-order valence-electron chi connectivity index (χ3n) is 6.29. The van der Waals surface area contributed by atoms with Gasteiger partial charge >= 0.3 is 0 Å². The van der Waals surface area contributed by atoms with Gasteiger partial charge in [-0.1, -0.05) is 13.8 Å². The van der Waals surface area contributed by atoms with Crippen LogP contribution in [0, 0.1) is 23.7 Å². The highest BCUT2D eigenvalue weighted by Crippen LogP contribution is 2.50. The van der Waals surface area contributed by atoms with E-state index in [0.29, 0.717) is 25.4 Å². The molecule has 1 saturated heterocycles. The molecule has 8 unspecified atom stereocenters. The molecule has 1 heterocycles. The maximum atomic E-state index is 14.9. The van der Waals surface area contributed by atoms with Crippen LogP contribution < -0.4 is 0 Å². The van der Waals surface area contributed by atoms with Gasteiger partial charge in [0, 0.05) is 19.1 Å². The minimum atomic E-state index is -1.17. The van der Waals surface area contributed by atoms with Crippen molar-refractivity contribution in [3.8, 4) is 0 Å². The van der Waals surface area contributed by atoms with E-state index in [1.807, 2.05) is 0 Å². The monoisotopic (exact) mass is 346 g/mol. The van der Waals surface area contributed by atoms with Crippen molar-refractivity contribution >= 4 is 0 Å². The lowest BCUT2D eigenvalue weighted by molar-refractivity contribution is -0.121. The average Bonchev–Trinajstić information content (AvgIpc) is 2.94. The van der Waals surface area contributed by atoms with Crippen molar-refractivity contribution in [3.05, 3.63) is 0 Å². The molecule has 0 aromatic carbocycles. The molecule has 2 saturated carbocycles. The highest BCUT2D eigenvalue weighted by Gasteiger charge is 2.56. The number of rotatable bonds is 6. The van der Waals surface area contributed by atoms with E-state index in [2.05, 4.69) is 13.8 Å². The fourth-order valence-electron chi connectivity index (χ4n) is 4.90. The molecule has 0 aromatic heterocycles. The molecule has 0 bridgehead atoms. The molecule has 3 aliphatic rings. The summed E-state index contributed by atoms with van der Waals surface area (Å²) < 4.78 is 41.1. The van der Waals surface area contributed by atoms with Crippen LogP contribution in [0.4, 0.5) is 8.78 Å². The molecule has 0 radical (unpaired) electrons. The summed E-state index contributed by atoms with van der Waals surface area (Å²) in [5.74, 6) is 0.492. The van der Waals surface area contributed by atoms with Crippen LogP contribution >= 0.6 is 0 Å². The lowest BCUT2D eigenvalue weighted by atomic mass is 9.69. The van der Waals surface area contributed by atoms with Crippen molar-refractivity contribution in [3.63, 3.8) is 0 Å². The van der Waals surface area contributed by atoms with Gasteiger partial charge in [0.05, 0.1) is 18.3 Å². The lowest BCUT2D eigenvalue weighted by Gasteiger charge is -2.37. The summed E-state index contributed by atoms with van der Waals surface area (Å²) in [4.78, 5) is 0. The summed E-state index contributed by atoms with van der Waals surface area (Å²) in [5.41, 5.74) is 0. The topological polar surface area (TPSA) is 38.7 Å². The molecule has 0 aromatic rings. The van der Waals surface area contributed by atoms with Crippen LogP contribution in [-0.4, -0.2) is 49.0 Å². The highest BCUT2D eigenvalue weighted by molar-refractivity contribution is 5.04. The predicted molar refractivity (Wildman–Crippen MR) is 88.3 cm³/mol. The van der Waals surface area contributed by atoms with Gasteiger partial charge in [-0.3, -0.25) is 0 Å². The zero-order valence-electron chi connectivity index (χ0n) is 14.9. The zero-order chi connectivity index (χ0) is 17.3. The second-order valence-corrected chi connectivity index (χ2v) is 8.32. The normalized spacial score (nSPS) is 45.2. The first kappa shape index (κ1) is 18.5. The van der Waals surface area contributed by atoms with Crippen LogP contribution in [0.25, 0.3) is 0 Å². The summed E-state index contributed by atoms with van der Waals surface area (Å²) in [7, 11) is 0. The van der Waals surface area contributed by atoms with Crippen LogP contribution in [0.2, 0.25) is 0 Å². The Balaban J connectivity index is 1.55. The molecule has 24 heavy (non-hydrogen) atoms. The Morgan fingerprint density at radius 2 is 1.71 bits per heavy atom. The number of alkyl halides is 2. The number of halogens is 2. The highest BCUT2D eigenvalue weighted by atomic mass is 19.1. The summed E-state index contributed by atoms with van der Waals surface area (Å²) in [6.45, 7) is 4.78. The maximum absolute atomic E-state index is 14.9. The Morgan fingerprint density at radius 1 is 1.04 bits per heavy atom. The van der Waals surface area contributed by atoms with Gasteiger partial charge in [0.1, 0.15) is 6.17 Å². The minimum absolute atomic E-state index is 0.105. The molecule has 0 spiro atoms. The number of hydrogen-bond acceptors (Lipinski definition) is 3. The standard InChI is InChI=1S/C19H32F2O3/c1-11(2)4-3-9-23-15-8-7-14-13-6-5-12(10-22)16(20)18(13)24-19(14)17(15)21/h11-19,22H,3-10H2,1-2H3. The quantitative estimate of drug-likeness (QED) is 0.746. The van der Waals surface area contributed by atoms with Crippen molar-refractivity contribution in [1.82, 2.24) is 0 Å². The molecule has 3 nitrogen and oxygen atoms in total. The van der Waals surface area contributed by atoms with Gasteiger partial charge in [-0.25, -0.2) is 8.78 Å². The second kappa shape index (κ2) is 7.96. The number of fused-ring (bicyclic) bond motifs is 3. The summed E-state index contributed by atoms with van der Waals surface area (Å²) >= 11 is 0. The Bertz CT molecular complexity index is 406. The molecule has 1 N–H and O–H groups in total. The van der Waals surface area contributed by atoms with Gasteiger partial charge in [0.15, 0.2) is 6.17 Å². The molecule has 8 atom stereocenters. The first-order valence-electron chi connectivity index (χ1n) is 9.69. The van der Waals surface area contributed by atoms with Crippen molar-refractivity contribution in [2.24, 2.45) is 23.7 Å². The van der Waals surface area contributed by atoms with Gasteiger partial charge in [-0.05, 0) is 56.3 Å². The molecular formula is C19H32F2O3. The third kappa shape index (κ3) is 3.63. The summed E-state index contributed by atoms with van der Waals surface area (Å²) in [6.07, 6.45) is 1.31. The van der Waals surface area contributed by atoms with E-state index in [-0.39, 0.29) is 24.4 Å². The van der Waals surface area contributed by atoms with Gasteiger partial charge in [-0.15, -0.1) is 0 Å². The van der Waals surface area contributed by atoms with Crippen molar-refractivity contribution < 1.29 is 23.4 Å². The van der Waals surface area contributed by atoms with Crippen LogP contribution in [-0.2, 0) is 9.47 Å². The smallest absolute Gasteiger partial charge is 0.152 e. The Kier molecular flexibility index (Phi) is 6.15. The lowest BCUT2D eigenvalue weighted by Crippen LogP contribution is -2.44. The van der Waals surface area contributed by atoms with Crippen molar-refractivity contribution in [2.75, 3.05) is 13.2 Å². The maximum Gasteiger partial charge on any atom is 0.152 e. The predicted octanol–water partition coefficient (Wildman–Crippen LogP) is 3.68.